The van der Waals surface area contributed by atoms with Crippen LogP contribution < -0.4 is 9.46 Å². The molecule has 102 valence electrons. The maximum absolute atomic E-state index is 10.6. The molecule has 0 aliphatic rings. The van der Waals surface area contributed by atoms with Crippen LogP contribution in [0.3, 0.4) is 0 Å². The lowest BCUT2D eigenvalue weighted by Gasteiger charge is -2.15. The molecule has 19 heavy (non-hydrogen) atoms. The number of hydrogen-bond acceptors (Lipinski definition) is 3. The van der Waals surface area contributed by atoms with Crippen LogP contribution in [0.25, 0.3) is 10.8 Å². The van der Waals surface area contributed by atoms with Gasteiger partial charge in [-0.25, -0.2) is 4.72 Å². The van der Waals surface area contributed by atoms with E-state index in [4.69, 9.17) is 4.74 Å². The zero-order valence-electron chi connectivity index (χ0n) is 10.9. The smallest absolute Gasteiger partial charge is 0.127 e. The number of hydrogen-bond donors (Lipinski definition) is 1. The Balaban J connectivity index is 2.42. The van der Waals surface area contributed by atoms with Gasteiger partial charge in [-0.3, -0.25) is 4.21 Å². The van der Waals surface area contributed by atoms with Gasteiger partial charge in [0.25, 0.3) is 0 Å². The topological polar surface area (TPSA) is 61.4 Å². The minimum atomic E-state index is -2.25. The van der Waals surface area contributed by atoms with Crippen molar-refractivity contribution in [2.24, 2.45) is 0 Å². The molecule has 0 radical (unpaired) electrons. The fourth-order valence-electron chi connectivity index (χ4n) is 1.98. The van der Waals surface area contributed by atoms with Crippen LogP contribution in [0.5, 0.6) is 5.75 Å². The average Bonchev–Trinajstić information content (AvgIpc) is 2.37. The Labute approximate surface area is 115 Å². The van der Waals surface area contributed by atoms with Gasteiger partial charge in [-0.15, -0.1) is 0 Å². The summed E-state index contributed by atoms with van der Waals surface area (Å²) in [4.78, 5) is 0. The van der Waals surface area contributed by atoms with Crippen molar-refractivity contribution in [2.45, 2.75) is 26.5 Å². The summed E-state index contributed by atoms with van der Waals surface area (Å²) >= 11 is -2.25. The van der Waals surface area contributed by atoms with Crippen LogP contribution in [-0.2, 0) is 17.8 Å². The summed E-state index contributed by atoms with van der Waals surface area (Å²) in [6, 6.07) is 11.6. The van der Waals surface area contributed by atoms with Gasteiger partial charge < -0.3 is 9.29 Å². The van der Waals surface area contributed by atoms with Crippen LogP contribution in [0.4, 0.5) is 0 Å². The first-order valence-electron chi connectivity index (χ1n) is 6.08. The summed E-state index contributed by atoms with van der Waals surface area (Å²) in [7, 11) is 0. The molecule has 1 N–H and O–H groups in total. The summed E-state index contributed by atoms with van der Waals surface area (Å²) in [6.45, 7) is 4.23. The van der Waals surface area contributed by atoms with Gasteiger partial charge in [0.15, 0.2) is 0 Å². The molecule has 0 heterocycles. The van der Waals surface area contributed by atoms with E-state index in [0.717, 1.165) is 22.1 Å². The number of benzene rings is 2. The third-order valence-electron chi connectivity index (χ3n) is 2.72. The predicted octanol–water partition coefficient (Wildman–Crippen LogP) is 2.51. The Morgan fingerprint density at radius 3 is 2.53 bits per heavy atom. The molecule has 0 aromatic heterocycles. The third kappa shape index (κ3) is 3.53. The van der Waals surface area contributed by atoms with E-state index in [1.165, 1.54) is 0 Å². The number of rotatable bonds is 5. The van der Waals surface area contributed by atoms with Gasteiger partial charge >= 0.3 is 0 Å². The van der Waals surface area contributed by atoms with Gasteiger partial charge in [0.05, 0.1) is 6.10 Å². The van der Waals surface area contributed by atoms with E-state index in [-0.39, 0.29) is 12.6 Å². The molecule has 0 amide bonds. The van der Waals surface area contributed by atoms with Crippen molar-refractivity contribution < 1.29 is 13.5 Å². The van der Waals surface area contributed by atoms with Crippen LogP contribution in [-0.4, -0.2) is 14.9 Å². The first-order valence-corrected chi connectivity index (χ1v) is 7.15. The highest BCUT2D eigenvalue weighted by atomic mass is 32.2. The first-order chi connectivity index (χ1) is 9.08. The molecule has 5 heteroatoms. The van der Waals surface area contributed by atoms with Crippen LogP contribution in [0.1, 0.15) is 19.4 Å². The van der Waals surface area contributed by atoms with Crippen molar-refractivity contribution in [3.63, 3.8) is 0 Å². The molecule has 2 aromatic carbocycles. The molecule has 1 atom stereocenters. The minimum absolute atomic E-state index is 0.0986. The van der Waals surface area contributed by atoms with Gasteiger partial charge in [-0.1, -0.05) is 30.3 Å². The van der Waals surface area contributed by atoms with Crippen molar-refractivity contribution >= 4 is 22.0 Å². The van der Waals surface area contributed by atoms with Crippen LogP contribution in [0.15, 0.2) is 36.4 Å². The average molecular weight is 278 g/mol. The van der Waals surface area contributed by atoms with E-state index in [0.29, 0.717) is 0 Å². The number of fused-ring (bicyclic) bond motifs is 1. The van der Waals surface area contributed by atoms with Gasteiger partial charge in [0, 0.05) is 23.2 Å². The Bertz CT molecular complexity index is 598. The molecule has 0 aliphatic carbocycles. The van der Waals surface area contributed by atoms with Crippen molar-refractivity contribution in [1.29, 1.82) is 0 Å². The number of ether oxygens (including phenoxy) is 1. The van der Waals surface area contributed by atoms with E-state index in [2.05, 4.69) is 4.72 Å². The van der Waals surface area contributed by atoms with Crippen molar-refractivity contribution in [1.82, 2.24) is 4.72 Å². The predicted molar refractivity (Wildman–Crippen MR) is 75.5 cm³/mol. The summed E-state index contributed by atoms with van der Waals surface area (Å²) in [5, 5.41) is 1.99. The highest BCUT2D eigenvalue weighted by molar-refractivity contribution is 7.77. The molecule has 0 fully saturated rings. The van der Waals surface area contributed by atoms with E-state index in [1.54, 1.807) is 0 Å². The van der Waals surface area contributed by atoms with Gasteiger partial charge in [0.1, 0.15) is 5.75 Å². The molecule has 0 bridgehead atoms. The van der Waals surface area contributed by atoms with E-state index in [9.17, 15) is 8.76 Å². The highest BCUT2D eigenvalue weighted by Crippen LogP contribution is 2.29. The molecule has 0 saturated heterocycles. The SMILES string of the molecule is CC(C)Oc1ccc(CNS(=O)[O-])c2ccccc12. The third-order valence-corrected chi connectivity index (χ3v) is 3.10. The normalized spacial score (nSPS) is 12.8. The van der Waals surface area contributed by atoms with Gasteiger partial charge in [-0.2, -0.15) is 0 Å². The Morgan fingerprint density at radius 2 is 1.89 bits per heavy atom. The second kappa shape index (κ2) is 6.14. The largest absolute Gasteiger partial charge is 0.760 e. The van der Waals surface area contributed by atoms with Crippen molar-refractivity contribution in [3.8, 4) is 5.75 Å². The van der Waals surface area contributed by atoms with Gasteiger partial charge in [0.2, 0.25) is 0 Å². The molecule has 2 rings (SSSR count). The lowest BCUT2D eigenvalue weighted by Crippen LogP contribution is -2.16. The molecule has 2 aromatic rings. The van der Waals surface area contributed by atoms with Crippen molar-refractivity contribution in [2.75, 3.05) is 0 Å². The summed E-state index contributed by atoms with van der Waals surface area (Å²) in [5.41, 5.74) is 0.927. The number of nitrogens with one attached hydrogen (secondary N) is 1. The van der Waals surface area contributed by atoms with Crippen LogP contribution in [0, 0.1) is 0 Å². The van der Waals surface area contributed by atoms with E-state index >= 15 is 0 Å². The lowest BCUT2D eigenvalue weighted by molar-refractivity contribution is 0.245. The standard InChI is InChI=1S/C14H17NO3S/c1-10(2)18-14-8-7-11(9-15-19(16)17)12-5-3-4-6-13(12)14/h3-8,10,15H,9H2,1-2H3,(H,16,17)/p-1. The van der Waals surface area contributed by atoms with E-state index < -0.39 is 11.3 Å². The van der Waals surface area contributed by atoms with Gasteiger partial charge in [-0.05, 0) is 30.9 Å². The second-order valence-corrected chi connectivity index (χ2v) is 5.25. The van der Waals surface area contributed by atoms with E-state index in [1.807, 2.05) is 50.2 Å². The summed E-state index contributed by atoms with van der Waals surface area (Å²) < 4.78 is 29.3. The maximum atomic E-state index is 10.6. The maximum Gasteiger partial charge on any atom is 0.127 e. The quantitative estimate of drug-likeness (QED) is 0.855. The minimum Gasteiger partial charge on any atom is -0.760 e. The molecule has 1 unspecified atom stereocenters. The molecular weight excluding hydrogens is 262 g/mol. The Kier molecular flexibility index (Phi) is 4.52. The molecule has 4 nitrogen and oxygen atoms in total. The zero-order chi connectivity index (χ0) is 13.8. The Hall–Kier alpha value is -1.43. The van der Waals surface area contributed by atoms with Crippen molar-refractivity contribution in [3.05, 3.63) is 42.0 Å². The Morgan fingerprint density at radius 1 is 1.21 bits per heavy atom. The molecular formula is C14H16NO3S-. The zero-order valence-corrected chi connectivity index (χ0v) is 11.7. The molecule has 0 saturated carbocycles. The molecule has 0 spiro atoms. The fourth-order valence-corrected chi connectivity index (χ4v) is 2.25. The lowest BCUT2D eigenvalue weighted by atomic mass is 10.0. The summed E-state index contributed by atoms with van der Waals surface area (Å²) in [5.74, 6) is 0.817. The fraction of sp³-hybridized carbons (Fsp3) is 0.286. The van der Waals surface area contributed by atoms with Crippen LogP contribution >= 0.6 is 0 Å². The highest BCUT2D eigenvalue weighted by Gasteiger charge is 2.07. The second-order valence-electron chi connectivity index (χ2n) is 4.49. The van der Waals surface area contributed by atoms with Crippen LogP contribution in [0.2, 0.25) is 0 Å². The monoisotopic (exact) mass is 278 g/mol. The summed E-state index contributed by atoms with van der Waals surface area (Å²) in [6.07, 6.45) is 0.0986. The molecule has 0 aliphatic heterocycles. The first kappa shape index (κ1) is 14.0.